The Balaban J connectivity index is 0.00000203. The van der Waals surface area contributed by atoms with Crippen molar-refractivity contribution in [2.24, 2.45) is 0 Å². The van der Waals surface area contributed by atoms with Gasteiger partial charge in [0.05, 0.1) is 48.7 Å². The second kappa shape index (κ2) is 35.3. The first-order valence-corrected chi connectivity index (χ1v) is 30.7. The molecule has 2 unspecified atom stereocenters. The van der Waals surface area contributed by atoms with E-state index in [-0.39, 0.29) is 68.1 Å². The summed E-state index contributed by atoms with van der Waals surface area (Å²) in [5, 5.41) is 0. The molecule has 0 radical (unpaired) electrons. The van der Waals surface area contributed by atoms with Crippen molar-refractivity contribution in [1.29, 1.82) is 0 Å². The van der Waals surface area contributed by atoms with Crippen molar-refractivity contribution in [2.75, 3.05) is 26.4 Å². The Hall–Kier alpha value is -8.58. The molecule has 0 bridgehead atoms. The minimum atomic E-state index is -2.16. The number of hydrogen-bond acceptors (Lipinski definition) is 18. The fourth-order valence-corrected chi connectivity index (χ4v) is 12.7. The molecule has 6 rings (SSSR count). The number of hydrogen-bond donors (Lipinski definition) is 0. The molecule has 2 aromatic carbocycles. The number of carbonyl (C=O) groups excluding carboxylic acids is 12. The first kappa shape index (κ1) is 75.5. The molecule has 0 aliphatic heterocycles. The molecule has 88 heavy (non-hydrogen) atoms. The zero-order valence-corrected chi connectivity index (χ0v) is 55.3. The van der Waals surface area contributed by atoms with Crippen molar-refractivity contribution in [3.05, 3.63) is 140 Å². The summed E-state index contributed by atoms with van der Waals surface area (Å²) in [6.07, 6.45) is 18.7. The number of aryl methyl sites for hydroxylation is 6. The standard InChI is InChI=1S/C60H80N4O10P2.4CO2/c1-19-41-29-61(30-42(41)20-2)75(62-31-43(21-3)45(33-62)55(65)69-23-5)73-53-49(59(13,14)15)27-37(9)39(11)51(53)52-40(12)38(10)28-50(60(16,17)18)54(52)74-76(63-32-44(22-4)46(34-63)56(66)70-24-6)64-35-47(57(67)71-25-7)48(36-64)58(68)72-26-8;4*2-1-3/h27-36H,19-26H2,1-18H3;;;;. The van der Waals surface area contributed by atoms with E-state index in [2.05, 4.69) is 112 Å². The topological polar surface area (TPSA) is 280 Å². The van der Waals surface area contributed by atoms with Gasteiger partial charge < -0.3 is 28.0 Å². The van der Waals surface area contributed by atoms with Crippen LogP contribution in [-0.4, -0.2) is 92.3 Å². The lowest BCUT2D eigenvalue weighted by Gasteiger charge is -2.33. The molecule has 6 aromatic rings. The second-order valence-electron chi connectivity index (χ2n) is 21.3. The Morgan fingerprint density at radius 3 is 0.864 bits per heavy atom. The summed E-state index contributed by atoms with van der Waals surface area (Å²) in [5.74, 6) is -1.03. The summed E-state index contributed by atoms with van der Waals surface area (Å²) >= 11 is 0. The molecular formula is C64H80N4O18P2. The lowest BCUT2D eigenvalue weighted by Crippen LogP contribution is -2.18. The van der Waals surface area contributed by atoms with E-state index < -0.39 is 45.6 Å². The van der Waals surface area contributed by atoms with Crippen LogP contribution in [-0.2, 0) is 93.8 Å². The maximum atomic E-state index is 13.8. The molecule has 0 aliphatic rings. The Morgan fingerprint density at radius 1 is 0.386 bits per heavy atom. The van der Waals surface area contributed by atoms with Gasteiger partial charge in [0.1, 0.15) is 11.5 Å². The van der Waals surface area contributed by atoms with Gasteiger partial charge in [0, 0.05) is 71.8 Å². The summed E-state index contributed by atoms with van der Waals surface area (Å²) < 4.78 is 45.6. The fourth-order valence-electron chi connectivity index (χ4n) is 9.33. The summed E-state index contributed by atoms with van der Waals surface area (Å²) in [7, 11) is -3.95. The predicted molar refractivity (Wildman–Crippen MR) is 324 cm³/mol. The van der Waals surface area contributed by atoms with Crippen LogP contribution < -0.4 is 9.05 Å². The average Bonchev–Trinajstić information content (AvgIpc) is 2.06. The maximum Gasteiger partial charge on any atom is 0.373 e. The first-order valence-electron chi connectivity index (χ1n) is 28.3. The summed E-state index contributed by atoms with van der Waals surface area (Å²) in [4.78, 5) is 120. The molecule has 0 saturated heterocycles. The molecule has 24 heteroatoms. The quantitative estimate of drug-likeness (QED) is 0.0368. The number of aromatic nitrogens is 4. The van der Waals surface area contributed by atoms with Gasteiger partial charge in [-0.15, -0.1) is 0 Å². The highest BCUT2D eigenvalue weighted by Crippen LogP contribution is 2.57. The van der Waals surface area contributed by atoms with Crippen LogP contribution >= 0.6 is 16.9 Å². The molecule has 0 aliphatic carbocycles. The zero-order valence-electron chi connectivity index (χ0n) is 53.5. The third kappa shape index (κ3) is 18.7. The average molecular weight is 1260 g/mol. The van der Waals surface area contributed by atoms with Crippen LogP contribution in [0.4, 0.5) is 0 Å². The summed E-state index contributed by atoms with van der Waals surface area (Å²) in [5.41, 5.74) is 11.4. The third-order valence-electron chi connectivity index (χ3n) is 13.7. The van der Waals surface area contributed by atoms with Crippen molar-refractivity contribution in [3.63, 3.8) is 0 Å². The Bertz CT molecular complexity index is 3420. The van der Waals surface area contributed by atoms with E-state index in [9.17, 15) is 19.2 Å². The van der Waals surface area contributed by atoms with Gasteiger partial charge in [-0.1, -0.05) is 81.4 Å². The van der Waals surface area contributed by atoms with E-state index in [1.165, 1.54) is 11.1 Å². The molecule has 0 N–H and O–H groups in total. The van der Waals surface area contributed by atoms with Crippen LogP contribution in [0.1, 0.15) is 194 Å². The number of benzene rings is 2. The lowest BCUT2D eigenvalue weighted by molar-refractivity contribution is -0.193. The Labute approximate surface area is 516 Å². The zero-order chi connectivity index (χ0) is 67.0. The molecule has 0 fully saturated rings. The summed E-state index contributed by atoms with van der Waals surface area (Å²) in [6, 6.07) is 4.40. The SMILES string of the molecule is CCOC(=O)c1cn(P(Oc2c(C(C)(C)C)cc(C)c(C)c2-c2c(C)c(C)cc(C(C)(C)C)c2OP(n2cc(CC)c(C(=O)OCC)c2)n2cc(C(=O)OCC)c(C(=O)OCC)c2)n2cc(CC)c(CC)c2)cc1CC.O=C=O.O=C=O.O=C=O.O=C=O. The van der Waals surface area contributed by atoms with Gasteiger partial charge in [0.25, 0.3) is 0 Å². The van der Waals surface area contributed by atoms with Crippen LogP contribution in [0.3, 0.4) is 0 Å². The van der Waals surface area contributed by atoms with E-state index in [0.717, 1.165) is 68.5 Å². The van der Waals surface area contributed by atoms with Gasteiger partial charge in [-0.25, -0.2) is 19.2 Å². The van der Waals surface area contributed by atoms with Gasteiger partial charge >= 0.3 is 65.4 Å². The van der Waals surface area contributed by atoms with E-state index in [0.29, 0.717) is 35.5 Å². The minimum absolute atomic E-state index is 0.0134. The second-order valence-corrected chi connectivity index (χ2v) is 24.5. The Morgan fingerprint density at radius 2 is 0.614 bits per heavy atom. The predicted octanol–water partition coefficient (Wildman–Crippen LogP) is 12.4. The van der Waals surface area contributed by atoms with Crippen LogP contribution in [0, 0.1) is 27.7 Å². The fraction of sp³-hybridized carbons (Fsp3) is 0.438. The lowest BCUT2D eigenvalue weighted by atomic mass is 9.78. The van der Waals surface area contributed by atoms with Crippen molar-refractivity contribution < 1.29 is 85.5 Å². The normalized spacial score (nSPS) is 11.2. The maximum absolute atomic E-state index is 13.8. The molecule has 22 nitrogen and oxygen atoms in total. The van der Waals surface area contributed by atoms with Crippen molar-refractivity contribution >= 4 is 65.4 Å². The van der Waals surface area contributed by atoms with E-state index >= 15 is 0 Å². The summed E-state index contributed by atoms with van der Waals surface area (Å²) in [6.45, 7) is 37.4. The van der Waals surface area contributed by atoms with Gasteiger partial charge in [0.15, 0.2) is 0 Å². The smallest absolute Gasteiger partial charge is 0.373 e. The van der Waals surface area contributed by atoms with Crippen molar-refractivity contribution in [1.82, 2.24) is 17.4 Å². The van der Waals surface area contributed by atoms with Gasteiger partial charge in [-0.2, -0.15) is 38.4 Å². The molecular weight excluding hydrogens is 1170 g/mol. The van der Waals surface area contributed by atoms with Gasteiger partial charge in [-0.3, -0.25) is 17.4 Å². The number of ether oxygens (including phenoxy) is 4. The molecule has 4 aromatic heterocycles. The molecule has 0 saturated carbocycles. The van der Waals surface area contributed by atoms with E-state index in [1.807, 2.05) is 48.0 Å². The molecule has 474 valence electrons. The van der Waals surface area contributed by atoms with Crippen molar-refractivity contribution in [2.45, 2.75) is 161 Å². The third-order valence-corrected chi connectivity index (χ3v) is 16.9. The van der Waals surface area contributed by atoms with Crippen LogP contribution in [0.15, 0.2) is 61.7 Å². The highest BCUT2D eigenvalue weighted by atomic mass is 31.2. The van der Waals surface area contributed by atoms with E-state index in [4.69, 9.17) is 66.4 Å². The number of esters is 4. The number of carbonyl (C=O) groups is 4. The van der Waals surface area contributed by atoms with Gasteiger partial charge in [0.2, 0.25) is 0 Å². The largest absolute Gasteiger partial charge is 0.462 e. The minimum Gasteiger partial charge on any atom is -0.462 e. The van der Waals surface area contributed by atoms with Crippen LogP contribution in [0.25, 0.3) is 11.1 Å². The first-order chi connectivity index (χ1) is 41.6. The molecule has 2 atom stereocenters. The molecule has 4 heterocycles. The Kier molecular flexibility index (Phi) is 30.3. The van der Waals surface area contributed by atoms with E-state index in [1.54, 1.807) is 43.7 Å². The highest BCUT2D eigenvalue weighted by molar-refractivity contribution is 7.50. The van der Waals surface area contributed by atoms with Crippen LogP contribution in [0.2, 0.25) is 0 Å². The number of nitrogens with zero attached hydrogens (tertiary/aromatic N) is 4. The molecule has 0 amide bonds. The highest BCUT2D eigenvalue weighted by Gasteiger charge is 2.37. The van der Waals surface area contributed by atoms with Crippen LogP contribution in [0.5, 0.6) is 11.5 Å². The molecule has 0 spiro atoms. The monoisotopic (exact) mass is 1250 g/mol. The van der Waals surface area contributed by atoms with Gasteiger partial charge in [-0.05, 0) is 136 Å². The number of rotatable bonds is 21. The van der Waals surface area contributed by atoms with Crippen molar-refractivity contribution in [3.8, 4) is 22.6 Å².